The van der Waals surface area contributed by atoms with Gasteiger partial charge in [-0.15, -0.1) is 11.8 Å². The maximum Gasteiger partial charge on any atom is 0.433 e. The van der Waals surface area contributed by atoms with Crippen molar-refractivity contribution in [1.29, 1.82) is 0 Å². The van der Waals surface area contributed by atoms with Crippen LogP contribution in [0.3, 0.4) is 0 Å². The number of nitrogens with zero attached hydrogens (tertiary/aromatic N) is 2. The van der Waals surface area contributed by atoms with Crippen molar-refractivity contribution in [2.45, 2.75) is 16.2 Å². The fraction of sp³-hybridized carbons (Fsp3) is 0.214. The van der Waals surface area contributed by atoms with Crippen molar-refractivity contribution in [1.82, 2.24) is 9.97 Å². The summed E-state index contributed by atoms with van der Waals surface area (Å²) in [5.74, 6) is -0.418. The molecule has 0 saturated carbocycles. The van der Waals surface area contributed by atoms with Crippen molar-refractivity contribution in [3.8, 4) is 0 Å². The van der Waals surface area contributed by atoms with E-state index in [-0.39, 0.29) is 16.8 Å². The smallest absolute Gasteiger partial charge is 0.325 e. The zero-order valence-corrected chi connectivity index (χ0v) is 13.6. The van der Waals surface area contributed by atoms with E-state index >= 15 is 0 Å². The van der Waals surface area contributed by atoms with Gasteiger partial charge < -0.3 is 5.32 Å². The van der Waals surface area contributed by atoms with Crippen LogP contribution < -0.4 is 5.32 Å². The van der Waals surface area contributed by atoms with Crippen molar-refractivity contribution < 1.29 is 18.0 Å². The van der Waals surface area contributed by atoms with Gasteiger partial charge in [-0.25, -0.2) is 9.97 Å². The second-order valence-electron chi connectivity index (χ2n) is 4.29. The average Bonchev–Trinajstić information content (AvgIpc) is 2.53. The number of alkyl halides is 3. The van der Waals surface area contributed by atoms with Crippen LogP contribution in [0.5, 0.6) is 0 Å². The van der Waals surface area contributed by atoms with Crippen LogP contribution in [-0.2, 0) is 11.0 Å². The SMILES string of the molecule is CSc1ccc(NC(=O)CSc2nccc(C(F)(F)F)n2)cc1. The number of benzene rings is 1. The normalized spacial score (nSPS) is 11.3. The van der Waals surface area contributed by atoms with Gasteiger partial charge >= 0.3 is 6.18 Å². The first-order chi connectivity index (χ1) is 10.9. The Balaban J connectivity index is 1.91. The van der Waals surface area contributed by atoms with Crippen LogP contribution >= 0.6 is 23.5 Å². The predicted molar refractivity (Wildman–Crippen MR) is 84.6 cm³/mol. The third-order valence-electron chi connectivity index (χ3n) is 2.63. The van der Waals surface area contributed by atoms with Crippen LogP contribution in [0.4, 0.5) is 18.9 Å². The number of hydrogen-bond donors (Lipinski definition) is 1. The van der Waals surface area contributed by atoms with Gasteiger partial charge in [-0.3, -0.25) is 4.79 Å². The molecular formula is C14H12F3N3OS2. The molecule has 1 amide bonds. The van der Waals surface area contributed by atoms with Crippen LogP contribution in [0, 0.1) is 0 Å². The second-order valence-corrected chi connectivity index (χ2v) is 6.11. The Kier molecular flexibility index (Phi) is 5.89. The summed E-state index contributed by atoms with van der Waals surface area (Å²) < 4.78 is 37.6. The molecule has 1 aromatic heterocycles. The van der Waals surface area contributed by atoms with E-state index in [0.29, 0.717) is 5.69 Å². The zero-order chi connectivity index (χ0) is 16.9. The van der Waals surface area contributed by atoms with Gasteiger partial charge in [-0.05, 0) is 36.6 Å². The Morgan fingerprint density at radius 3 is 2.52 bits per heavy atom. The molecule has 0 fully saturated rings. The minimum absolute atomic E-state index is 0.0778. The van der Waals surface area contributed by atoms with Crippen molar-refractivity contribution in [2.24, 2.45) is 0 Å². The Bertz CT molecular complexity index is 678. The highest BCUT2D eigenvalue weighted by Gasteiger charge is 2.32. The number of nitrogens with one attached hydrogen (secondary N) is 1. The van der Waals surface area contributed by atoms with Crippen LogP contribution in [0.1, 0.15) is 5.69 Å². The van der Waals surface area contributed by atoms with E-state index in [0.717, 1.165) is 28.9 Å². The molecular weight excluding hydrogens is 347 g/mol. The van der Waals surface area contributed by atoms with Gasteiger partial charge in [0.25, 0.3) is 0 Å². The molecule has 0 aliphatic carbocycles. The molecule has 0 aliphatic heterocycles. The molecule has 1 aromatic carbocycles. The first-order valence-electron chi connectivity index (χ1n) is 6.35. The van der Waals surface area contributed by atoms with E-state index in [1.54, 1.807) is 23.9 Å². The maximum absolute atomic E-state index is 12.5. The molecule has 1 heterocycles. The maximum atomic E-state index is 12.5. The molecule has 2 rings (SSSR count). The Morgan fingerprint density at radius 2 is 1.91 bits per heavy atom. The van der Waals surface area contributed by atoms with Gasteiger partial charge in [0.15, 0.2) is 5.16 Å². The number of anilines is 1. The summed E-state index contributed by atoms with van der Waals surface area (Å²) >= 11 is 2.43. The van der Waals surface area contributed by atoms with Crippen LogP contribution in [0.2, 0.25) is 0 Å². The van der Waals surface area contributed by atoms with E-state index in [1.165, 1.54) is 0 Å². The summed E-state index contributed by atoms with van der Waals surface area (Å²) in [6, 6.07) is 8.04. The number of thioether (sulfide) groups is 2. The number of carbonyl (C=O) groups is 1. The Hall–Kier alpha value is -1.74. The highest BCUT2D eigenvalue weighted by Crippen LogP contribution is 2.28. The van der Waals surface area contributed by atoms with Gasteiger partial charge in [-0.1, -0.05) is 11.8 Å². The van der Waals surface area contributed by atoms with Crippen LogP contribution in [0.25, 0.3) is 0 Å². The summed E-state index contributed by atoms with van der Waals surface area (Å²) in [4.78, 5) is 20.0. The lowest BCUT2D eigenvalue weighted by Crippen LogP contribution is -2.14. The van der Waals surface area contributed by atoms with Crippen LogP contribution in [0.15, 0.2) is 46.6 Å². The molecule has 1 N–H and O–H groups in total. The van der Waals surface area contributed by atoms with Crippen molar-refractivity contribution in [2.75, 3.05) is 17.3 Å². The summed E-state index contributed by atoms with van der Waals surface area (Å²) in [7, 11) is 0. The minimum Gasteiger partial charge on any atom is -0.325 e. The number of carbonyl (C=O) groups excluding carboxylic acids is 1. The fourth-order valence-electron chi connectivity index (χ4n) is 1.57. The van der Waals surface area contributed by atoms with Gasteiger partial charge in [-0.2, -0.15) is 13.2 Å². The molecule has 2 aromatic rings. The number of amides is 1. The minimum atomic E-state index is -4.53. The summed E-state index contributed by atoms with van der Waals surface area (Å²) in [6.07, 6.45) is -1.56. The molecule has 0 radical (unpaired) electrons. The molecule has 122 valence electrons. The lowest BCUT2D eigenvalue weighted by molar-refractivity contribution is -0.141. The van der Waals surface area contributed by atoms with E-state index in [4.69, 9.17) is 0 Å². The van der Waals surface area contributed by atoms with Gasteiger partial charge in [0.05, 0.1) is 5.75 Å². The molecule has 0 spiro atoms. The topological polar surface area (TPSA) is 54.9 Å². The monoisotopic (exact) mass is 359 g/mol. The summed E-state index contributed by atoms with van der Waals surface area (Å²) in [5.41, 5.74) is -0.401. The standard InChI is InChI=1S/C14H12F3N3OS2/c1-22-10-4-2-9(3-5-10)19-12(21)8-23-13-18-7-6-11(20-13)14(15,16)17/h2-7H,8H2,1H3,(H,19,21). The molecule has 9 heteroatoms. The van der Waals surface area contributed by atoms with Gasteiger partial charge in [0, 0.05) is 16.8 Å². The Labute approximate surface area is 139 Å². The highest BCUT2D eigenvalue weighted by atomic mass is 32.2. The fourth-order valence-corrected chi connectivity index (χ4v) is 2.61. The molecule has 0 saturated heterocycles. The zero-order valence-electron chi connectivity index (χ0n) is 11.9. The molecule has 4 nitrogen and oxygen atoms in total. The number of rotatable bonds is 5. The summed E-state index contributed by atoms with van der Waals surface area (Å²) in [5, 5.41) is 2.57. The van der Waals surface area contributed by atoms with Crippen LogP contribution in [-0.4, -0.2) is 27.9 Å². The van der Waals surface area contributed by atoms with E-state index in [2.05, 4.69) is 15.3 Å². The number of aromatic nitrogens is 2. The van der Waals surface area contributed by atoms with Crippen molar-refractivity contribution in [3.05, 3.63) is 42.2 Å². The van der Waals surface area contributed by atoms with Crippen molar-refractivity contribution in [3.63, 3.8) is 0 Å². The lowest BCUT2D eigenvalue weighted by Gasteiger charge is -2.07. The first-order valence-corrected chi connectivity index (χ1v) is 8.56. The average molecular weight is 359 g/mol. The molecule has 0 atom stereocenters. The van der Waals surface area contributed by atoms with Gasteiger partial charge in [0.2, 0.25) is 5.91 Å². The molecule has 0 aliphatic rings. The second kappa shape index (κ2) is 7.69. The quantitative estimate of drug-likeness (QED) is 0.647. The third kappa shape index (κ3) is 5.43. The largest absolute Gasteiger partial charge is 0.433 e. The molecule has 23 heavy (non-hydrogen) atoms. The number of halogens is 3. The third-order valence-corrected chi connectivity index (χ3v) is 4.24. The van der Waals surface area contributed by atoms with E-state index in [9.17, 15) is 18.0 Å². The lowest BCUT2D eigenvalue weighted by atomic mass is 10.3. The summed E-state index contributed by atoms with van der Waals surface area (Å²) in [6.45, 7) is 0. The molecule has 0 bridgehead atoms. The molecule has 0 unspecified atom stereocenters. The van der Waals surface area contributed by atoms with E-state index < -0.39 is 11.9 Å². The van der Waals surface area contributed by atoms with Crippen molar-refractivity contribution >= 4 is 35.1 Å². The Morgan fingerprint density at radius 1 is 1.22 bits per heavy atom. The number of hydrogen-bond acceptors (Lipinski definition) is 5. The first kappa shape index (κ1) is 17.6. The van der Waals surface area contributed by atoms with Gasteiger partial charge in [0.1, 0.15) is 5.69 Å². The predicted octanol–water partition coefficient (Wildman–Crippen LogP) is 3.95. The highest BCUT2D eigenvalue weighted by molar-refractivity contribution is 7.99. The van der Waals surface area contributed by atoms with E-state index in [1.807, 2.05) is 18.4 Å².